The second-order valence-corrected chi connectivity index (χ2v) is 3.13. The van der Waals surface area contributed by atoms with E-state index >= 15 is 0 Å². The lowest BCUT2D eigenvalue weighted by Crippen LogP contribution is -2.11. The zero-order chi connectivity index (χ0) is 11.1. The van der Waals surface area contributed by atoms with Crippen molar-refractivity contribution in [3.63, 3.8) is 0 Å². The number of oxazole rings is 1. The van der Waals surface area contributed by atoms with Crippen LogP contribution in [0.2, 0.25) is 0 Å². The Morgan fingerprint density at radius 1 is 1.33 bits per heavy atom. The number of aromatic nitrogens is 1. The molecule has 0 aliphatic rings. The number of nitrogens with two attached hydrogens (primary N) is 1. The standard InChI is InChI=1S/C9H7F3N2O/c10-9(11,12)4-8-14-6-2-1-5(13)3-7(6)15-8/h1-3H,4,13H2. The molecule has 2 aromatic rings. The zero-order valence-electron chi connectivity index (χ0n) is 7.51. The Balaban J connectivity index is 2.39. The maximum absolute atomic E-state index is 12.0. The van der Waals surface area contributed by atoms with Gasteiger partial charge in [-0.1, -0.05) is 0 Å². The molecule has 0 fully saturated rings. The molecule has 0 radical (unpaired) electrons. The number of fused-ring (bicyclic) bond motifs is 1. The van der Waals surface area contributed by atoms with E-state index in [0.717, 1.165) is 0 Å². The fourth-order valence-electron chi connectivity index (χ4n) is 1.24. The summed E-state index contributed by atoms with van der Waals surface area (Å²) in [5.74, 6) is -0.344. The fraction of sp³-hybridized carbons (Fsp3) is 0.222. The molecule has 1 aromatic carbocycles. The summed E-state index contributed by atoms with van der Waals surface area (Å²) in [6.07, 6.45) is -5.48. The summed E-state index contributed by atoms with van der Waals surface area (Å²) in [5.41, 5.74) is 6.53. The molecular formula is C9H7F3N2O. The van der Waals surface area contributed by atoms with Gasteiger partial charge in [0.15, 0.2) is 5.58 Å². The van der Waals surface area contributed by atoms with Gasteiger partial charge in [-0.15, -0.1) is 0 Å². The maximum Gasteiger partial charge on any atom is 0.397 e. The molecule has 0 saturated heterocycles. The van der Waals surface area contributed by atoms with Crippen LogP contribution < -0.4 is 5.73 Å². The Morgan fingerprint density at radius 2 is 2.07 bits per heavy atom. The molecular weight excluding hydrogens is 209 g/mol. The lowest BCUT2D eigenvalue weighted by Gasteiger charge is -2.00. The molecule has 0 aliphatic carbocycles. The third-order valence-electron chi connectivity index (χ3n) is 1.81. The molecule has 0 unspecified atom stereocenters. The van der Waals surface area contributed by atoms with Crippen LogP contribution in [0, 0.1) is 0 Å². The number of anilines is 1. The first-order chi connectivity index (χ1) is 6.94. The van der Waals surface area contributed by atoms with Gasteiger partial charge in [0.25, 0.3) is 0 Å². The number of nitrogens with zero attached hydrogens (tertiary/aromatic N) is 1. The Labute approximate surface area is 82.7 Å². The van der Waals surface area contributed by atoms with Crippen molar-refractivity contribution in [3.05, 3.63) is 24.1 Å². The summed E-state index contributed by atoms with van der Waals surface area (Å²) >= 11 is 0. The minimum Gasteiger partial charge on any atom is -0.440 e. The number of hydrogen-bond acceptors (Lipinski definition) is 3. The fourth-order valence-corrected chi connectivity index (χ4v) is 1.24. The first-order valence-electron chi connectivity index (χ1n) is 4.16. The summed E-state index contributed by atoms with van der Waals surface area (Å²) in [4.78, 5) is 3.70. The molecule has 80 valence electrons. The van der Waals surface area contributed by atoms with Gasteiger partial charge in [-0.25, -0.2) is 4.98 Å². The van der Waals surface area contributed by atoms with Crippen LogP contribution in [0.1, 0.15) is 5.89 Å². The smallest absolute Gasteiger partial charge is 0.397 e. The van der Waals surface area contributed by atoms with Crippen molar-refractivity contribution >= 4 is 16.8 Å². The van der Waals surface area contributed by atoms with Crippen molar-refractivity contribution in [3.8, 4) is 0 Å². The van der Waals surface area contributed by atoms with Crippen molar-refractivity contribution in [2.75, 3.05) is 5.73 Å². The van der Waals surface area contributed by atoms with Crippen LogP contribution in [-0.4, -0.2) is 11.2 Å². The molecule has 0 saturated carbocycles. The van der Waals surface area contributed by atoms with E-state index in [0.29, 0.717) is 11.2 Å². The Morgan fingerprint density at radius 3 is 2.73 bits per heavy atom. The quantitative estimate of drug-likeness (QED) is 0.745. The van der Waals surface area contributed by atoms with Crippen molar-refractivity contribution in [2.24, 2.45) is 0 Å². The Bertz CT molecular complexity index is 490. The third-order valence-corrected chi connectivity index (χ3v) is 1.81. The second kappa shape index (κ2) is 3.15. The van der Waals surface area contributed by atoms with Gasteiger partial charge in [0.2, 0.25) is 5.89 Å². The number of halogens is 3. The highest BCUT2D eigenvalue weighted by Crippen LogP contribution is 2.24. The van der Waals surface area contributed by atoms with Gasteiger partial charge in [-0.2, -0.15) is 13.2 Å². The van der Waals surface area contributed by atoms with E-state index in [1.54, 1.807) is 6.07 Å². The molecule has 0 aliphatic heterocycles. The summed E-state index contributed by atoms with van der Waals surface area (Å²) in [5, 5.41) is 0. The van der Waals surface area contributed by atoms with Crippen LogP contribution in [0.15, 0.2) is 22.6 Å². The molecule has 6 heteroatoms. The van der Waals surface area contributed by atoms with E-state index in [4.69, 9.17) is 10.2 Å². The molecule has 0 atom stereocenters. The van der Waals surface area contributed by atoms with Gasteiger partial charge in [0.05, 0.1) is 0 Å². The normalized spacial score (nSPS) is 12.2. The molecule has 1 aromatic heterocycles. The number of nitrogen functional groups attached to an aromatic ring is 1. The average molecular weight is 216 g/mol. The van der Waals surface area contributed by atoms with Gasteiger partial charge >= 0.3 is 6.18 Å². The average Bonchev–Trinajstić information content (AvgIpc) is 2.42. The van der Waals surface area contributed by atoms with Crippen molar-refractivity contribution in [2.45, 2.75) is 12.6 Å². The largest absolute Gasteiger partial charge is 0.440 e. The Kier molecular flexibility index (Phi) is 2.06. The molecule has 3 nitrogen and oxygen atoms in total. The van der Waals surface area contributed by atoms with Crippen LogP contribution >= 0.6 is 0 Å². The first-order valence-corrected chi connectivity index (χ1v) is 4.16. The van der Waals surface area contributed by atoms with Gasteiger partial charge in [0, 0.05) is 11.8 Å². The SMILES string of the molecule is Nc1ccc2nc(CC(F)(F)F)oc2c1. The number of hydrogen-bond donors (Lipinski definition) is 1. The molecule has 15 heavy (non-hydrogen) atoms. The summed E-state index contributed by atoms with van der Waals surface area (Å²) in [6.45, 7) is 0. The molecule has 2 N–H and O–H groups in total. The van der Waals surface area contributed by atoms with Crippen molar-refractivity contribution in [1.29, 1.82) is 0 Å². The highest BCUT2D eigenvalue weighted by molar-refractivity contribution is 5.76. The second-order valence-electron chi connectivity index (χ2n) is 3.13. The van der Waals surface area contributed by atoms with E-state index in [1.165, 1.54) is 12.1 Å². The minimum atomic E-state index is -4.31. The molecule has 2 rings (SSSR count). The van der Waals surface area contributed by atoms with Crippen molar-refractivity contribution in [1.82, 2.24) is 4.98 Å². The molecule has 0 spiro atoms. The van der Waals surface area contributed by atoms with Crippen LogP contribution in [0.5, 0.6) is 0 Å². The predicted molar refractivity (Wildman–Crippen MR) is 48.2 cm³/mol. The van der Waals surface area contributed by atoms with Crippen LogP contribution in [0.25, 0.3) is 11.1 Å². The van der Waals surface area contributed by atoms with E-state index in [2.05, 4.69) is 4.98 Å². The van der Waals surface area contributed by atoms with Gasteiger partial charge < -0.3 is 10.2 Å². The van der Waals surface area contributed by atoms with Gasteiger partial charge in [-0.05, 0) is 12.1 Å². The van der Waals surface area contributed by atoms with Crippen LogP contribution in [-0.2, 0) is 6.42 Å². The monoisotopic (exact) mass is 216 g/mol. The zero-order valence-corrected chi connectivity index (χ0v) is 7.51. The lowest BCUT2D eigenvalue weighted by atomic mass is 10.3. The van der Waals surface area contributed by atoms with Crippen molar-refractivity contribution < 1.29 is 17.6 Å². The van der Waals surface area contributed by atoms with Gasteiger partial charge in [-0.3, -0.25) is 0 Å². The number of benzene rings is 1. The topological polar surface area (TPSA) is 52.0 Å². The maximum atomic E-state index is 12.0. The van der Waals surface area contributed by atoms with Crippen LogP contribution in [0.3, 0.4) is 0 Å². The number of alkyl halides is 3. The van der Waals surface area contributed by atoms with E-state index in [9.17, 15) is 13.2 Å². The minimum absolute atomic E-state index is 0.272. The summed E-state index contributed by atoms with van der Waals surface area (Å²) < 4.78 is 41.0. The lowest BCUT2D eigenvalue weighted by molar-refractivity contribution is -0.130. The highest BCUT2D eigenvalue weighted by atomic mass is 19.4. The van der Waals surface area contributed by atoms with Gasteiger partial charge in [0.1, 0.15) is 11.9 Å². The van der Waals surface area contributed by atoms with E-state index in [1.807, 2.05) is 0 Å². The van der Waals surface area contributed by atoms with E-state index < -0.39 is 12.6 Å². The highest BCUT2D eigenvalue weighted by Gasteiger charge is 2.30. The summed E-state index contributed by atoms with van der Waals surface area (Å²) in [7, 11) is 0. The first kappa shape index (κ1) is 9.82. The third kappa shape index (κ3) is 2.20. The number of rotatable bonds is 1. The Hall–Kier alpha value is -1.72. The predicted octanol–water partition coefficient (Wildman–Crippen LogP) is 2.51. The summed E-state index contributed by atoms with van der Waals surface area (Å²) in [6, 6.07) is 4.53. The molecule has 0 bridgehead atoms. The molecule has 0 amide bonds. The van der Waals surface area contributed by atoms with E-state index in [-0.39, 0.29) is 11.5 Å². The molecule has 1 heterocycles. The van der Waals surface area contributed by atoms with Crippen LogP contribution in [0.4, 0.5) is 18.9 Å².